The van der Waals surface area contributed by atoms with Crippen LogP contribution in [0.2, 0.25) is 0 Å². The third kappa shape index (κ3) is 3.48. The Balaban J connectivity index is 1.78. The molecule has 1 aliphatic rings. The molecule has 1 aromatic carbocycles. The number of ether oxygens (including phenoxy) is 1. The Labute approximate surface area is 106 Å². The molecule has 5 heteroatoms. The molecule has 1 aromatic rings. The van der Waals surface area contributed by atoms with Gasteiger partial charge in [-0.15, -0.1) is 0 Å². The molecule has 1 fully saturated rings. The first-order chi connectivity index (χ1) is 8.69. The summed E-state index contributed by atoms with van der Waals surface area (Å²) < 4.78 is 5.03. The molecule has 0 heterocycles. The topological polar surface area (TPSA) is 67.4 Å². The number of hydrogen-bond donors (Lipinski definition) is 2. The minimum absolute atomic E-state index is 0.198. The zero-order valence-corrected chi connectivity index (χ0v) is 10.2. The van der Waals surface area contributed by atoms with Gasteiger partial charge in [-0.05, 0) is 30.5 Å². The Morgan fingerprint density at radius 3 is 2.44 bits per heavy atom. The lowest BCUT2D eigenvalue weighted by Crippen LogP contribution is -2.40. The van der Waals surface area contributed by atoms with Crippen LogP contribution in [-0.2, 0) is 16.1 Å². The molecule has 2 rings (SSSR count). The van der Waals surface area contributed by atoms with Gasteiger partial charge in [-0.1, -0.05) is 12.1 Å². The third-order valence-corrected chi connectivity index (χ3v) is 2.73. The molecule has 96 valence electrons. The molecular formula is C13H16N2O3. The first-order valence-corrected chi connectivity index (χ1v) is 5.90. The fourth-order valence-electron chi connectivity index (χ4n) is 1.48. The van der Waals surface area contributed by atoms with Crippen LogP contribution in [0.1, 0.15) is 18.4 Å². The molecule has 1 saturated carbocycles. The van der Waals surface area contributed by atoms with E-state index in [4.69, 9.17) is 4.74 Å². The van der Waals surface area contributed by atoms with Crippen LogP contribution in [0, 0.1) is 0 Å². The van der Waals surface area contributed by atoms with Crippen molar-refractivity contribution in [3.05, 3.63) is 29.8 Å². The summed E-state index contributed by atoms with van der Waals surface area (Å²) in [5.41, 5.74) is 0.920. The van der Waals surface area contributed by atoms with Crippen LogP contribution in [0.15, 0.2) is 24.3 Å². The van der Waals surface area contributed by atoms with E-state index in [1.165, 1.54) is 0 Å². The average molecular weight is 248 g/mol. The fourth-order valence-corrected chi connectivity index (χ4v) is 1.48. The predicted molar refractivity (Wildman–Crippen MR) is 66.0 cm³/mol. The summed E-state index contributed by atoms with van der Waals surface area (Å²) in [6.07, 6.45) is 1.94. The summed E-state index contributed by atoms with van der Waals surface area (Å²) in [6.45, 7) is 0.334. The minimum atomic E-state index is -0.585. The Kier molecular flexibility index (Phi) is 3.82. The Morgan fingerprint density at radius 1 is 1.22 bits per heavy atom. The zero-order valence-electron chi connectivity index (χ0n) is 10.2. The maximum absolute atomic E-state index is 11.5. The highest BCUT2D eigenvalue weighted by atomic mass is 16.5. The molecule has 1 aliphatic carbocycles. The van der Waals surface area contributed by atoms with Gasteiger partial charge < -0.3 is 15.4 Å². The zero-order chi connectivity index (χ0) is 13.0. The predicted octanol–water partition coefficient (Wildman–Crippen LogP) is 0.590. The standard InChI is InChI=1S/C13H16N2O3/c1-18-11-6-2-9(3-7-11)8-14-12(16)13(17)15-10-4-5-10/h2-3,6-7,10H,4-5,8H2,1H3,(H,14,16)(H,15,17). The summed E-state index contributed by atoms with van der Waals surface area (Å²) in [4.78, 5) is 22.8. The largest absolute Gasteiger partial charge is 0.497 e. The summed E-state index contributed by atoms with van der Waals surface area (Å²) >= 11 is 0. The van der Waals surface area contributed by atoms with Crippen molar-refractivity contribution in [1.29, 1.82) is 0 Å². The van der Waals surface area contributed by atoms with Gasteiger partial charge in [0.05, 0.1) is 7.11 Å². The van der Waals surface area contributed by atoms with Gasteiger partial charge in [0.15, 0.2) is 0 Å². The third-order valence-electron chi connectivity index (χ3n) is 2.73. The van der Waals surface area contributed by atoms with Gasteiger partial charge in [0.25, 0.3) is 0 Å². The number of amides is 2. The number of carbonyl (C=O) groups excluding carboxylic acids is 2. The van der Waals surface area contributed by atoms with Crippen LogP contribution in [0.5, 0.6) is 5.75 Å². The lowest BCUT2D eigenvalue weighted by molar-refractivity contribution is -0.139. The van der Waals surface area contributed by atoms with Crippen LogP contribution in [0.4, 0.5) is 0 Å². The van der Waals surface area contributed by atoms with Crippen LogP contribution in [0.25, 0.3) is 0 Å². The Morgan fingerprint density at radius 2 is 1.89 bits per heavy atom. The molecular weight excluding hydrogens is 232 g/mol. The molecule has 0 spiro atoms. The maximum Gasteiger partial charge on any atom is 0.309 e. The van der Waals surface area contributed by atoms with Crippen molar-refractivity contribution in [2.24, 2.45) is 0 Å². The van der Waals surface area contributed by atoms with E-state index in [1.54, 1.807) is 7.11 Å². The van der Waals surface area contributed by atoms with Crippen molar-refractivity contribution in [2.45, 2.75) is 25.4 Å². The summed E-state index contributed by atoms with van der Waals surface area (Å²) in [7, 11) is 1.60. The van der Waals surface area contributed by atoms with Crippen molar-refractivity contribution < 1.29 is 14.3 Å². The van der Waals surface area contributed by atoms with Crippen molar-refractivity contribution in [3.63, 3.8) is 0 Å². The summed E-state index contributed by atoms with van der Waals surface area (Å²) in [5.74, 6) is -0.375. The van der Waals surface area contributed by atoms with Gasteiger partial charge in [-0.3, -0.25) is 9.59 Å². The summed E-state index contributed by atoms with van der Waals surface area (Å²) in [5, 5.41) is 5.21. The van der Waals surface area contributed by atoms with Gasteiger partial charge in [0.2, 0.25) is 0 Å². The van der Waals surface area contributed by atoms with E-state index < -0.39 is 11.8 Å². The molecule has 0 atom stereocenters. The van der Waals surface area contributed by atoms with Crippen molar-refractivity contribution in [3.8, 4) is 5.75 Å². The van der Waals surface area contributed by atoms with Crippen LogP contribution >= 0.6 is 0 Å². The molecule has 0 bridgehead atoms. The lowest BCUT2D eigenvalue weighted by Gasteiger charge is -2.06. The van der Waals surface area contributed by atoms with Gasteiger partial charge in [-0.2, -0.15) is 0 Å². The molecule has 0 unspecified atom stereocenters. The van der Waals surface area contributed by atoms with Gasteiger partial charge in [-0.25, -0.2) is 0 Å². The number of benzene rings is 1. The van der Waals surface area contributed by atoms with E-state index in [0.29, 0.717) is 6.54 Å². The Hall–Kier alpha value is -2.04. The minimum Gasteiger partial charge on any atom is -0.497 e. The molecule has 0 aliphatic heterocycles. The van der Waals surface area contributed by atoms with Crippen molar-refractivity contribution in [2.75, 3.05) is 7.11 Å². The van der Waals surface area contributed by atoms with Crippen LogP contribution < -0.4 is 15.4 Å². The summed E-state index contributed by atoms with van der Waals surface area (Å²) in [6, 6.07) is 7.51. The second kappa shape index (κ2) is 5.53. The smallest absolute Gasteiger partial charge is 0.309 e. The van der Waals surface area contributed by atoms with Gasteiger partial charge in [0.1, 0.15) is 5.75 Å². The number of hydrogen-bond acceptors (Lipinski definition) is 3. The second-order valence-corrected chi connectivity index (χ2v) is 4.28. The van der Waals surface area contributed by atoms with E-state index in [-0.39, 0.29) is 6.04 Å². The first-order valence-electron chi connectivity index (χ1n) is 5.90. The fraction of sp³-hybridized carbons (Fsp3) is 0.385. The molecule has 2 amide bonds. The molecule has 18 heavy (non-hydrogen) atoms. The molecule has 5 nitrogen and oxygen atoms in total. The maximum atomic E-state index is 11.5. The first kappa shape index (κ1) is 12.4. The van der Waals surface area contributed by atoms with Crippen LogP contribution in [0.3, 0.4) is 0 Å². The highest BCUT2D eigenvalue weighted by Crippen LogP contribution is 2.18. The van der Waals surface area contributed by atoms with Crippen molar-refractivity contribution in [1.82, 2.24) is 10.6 Å². The molecule has 0 aromatic heterocycles. The van der Waals surface area contributed by atoms with E-state index in [2.05, 4.69) is 10.6 Å². The number of nitrogens with one attached hydrogen (secondary N) is 2. The van der Waals surface area contributed by atoms with Gasteiger partial charge in [0, 0.05) is 12.6 Å². The normalized spacial score (nSPS) is 13.8. The van der Waals surface area contributed by atoms with E-state index in [9.17, 15) is 9.59 Å². The number of rotatable bonds is 4. The highest BCUT2D eigenvalue weighted by Gasteiger charge is 2.26. The number of carbonyl (C=O) groups is 2. The monoisotopic (exact) mass is 248 g/mol. The van der Waals surface area contributed by atoms with E-state index >= 15 is 0 Å². The average Bonchev–Trinajstić information content (AvgIpc) is 3.20. The number of methoxy groups -OCH3 is 1. The van der Waals surface area contributed by atoms with Crippen LogP contribution in [-0.4, -0.2) is 25.0 Å². The molecule has 2 N–H and O–H groups in total. The van der Waals surface area contributed by atoms with Crippen molar-refractivity contribution >= 4 is 11.8 Å². The van der Waals surface area contributed by atoms with E-state index in [0.717, 1.165) is 24.2 Å². The Bertz CT molecular complexity index is 438. The SMILES string of the molecule is COc1ccc(CNC(=O)C(=O)NC2CC2)cc1. The highest BCUT2D eigenvalue weighted by molar-refractivity contribution is 6.35. The lowest BCUT2D eigenvalue weighted by atomic mass is 10.2. The van der Waals surface area contributed by atoms with Gasteiger partial charge >= 0.3 is 11.8 Å². The molecule has 0 radical (unpaired) electrons. The molecule has 0 saturated heterocycles. The quantitative estimate of drug-likeness (QED) is 0.766. The second-order valence-electron chi connectivity index (χ2n) is 4.28. The van der Waals surface area contributed by atoms with E-state index in [1.807, 2.05) is 24.3 Å².